The van der Waals surface area contributed by atoms with Crippen LogP contribution in [0.15, 0.2) is 158 Å². The molecule has 0 bridgehead atoms. The van der Waals surface area contributed by atoms with Gasteiger partial charge in [0.05, 0.1) is 28.2 Å². The normalized spacial score (nSPS) is 13.3. The van der Waals surface area contributed by atoms with Crippen molar-refractivity contribution < 1.29 is 5.11 Å². The highest BCUT2D eigenvalue weighted by atomic mass is 16.3. The molecule has 0 atom stereocenters. The van der Waals surface area contributed by atoms with Crippen LogP contribution in [0.25, 0.3) is 78.1 Å². The number of hydrogen-bond acceptors (Lipinski definition) is 3. The van der Waals surface area contributed by atoms with E-state index in [2.05, 4.69) is 185 Å². The molecule has 286 valence electrons. The molecular formula is C54H49N3O. The number of rotatable bonds is 7. The highest BCUT2D eigenvalue weighted by molar-refractivity contribution is 5.97. The largest absolute Gasteiger partial charge is 0.512 e. The van der Waals surface area contributed by atoms with Crippen LogP contribution in [0.5, 0.6) is 0 Å². The zero-order chi connectivity index (χ0) is 40.0. The minimum Gasteiger partial charge on any atom is -0.512 e. The fourth-order valence-electron chi connectivity index (χ4n) is 8.68. The molecule has 0 unspecified atom stereocenters. The molecule has 4 nitrogen and oxygen atoms in total. The van der Waals surface area contributed by atoms with Gasteiger partial charge in [0.15, 0.2) is 0 Å². The number of aromatic nitrogens is 3. The molecule has 2 aromatic heterocycles. The highest BCUT2D eigenvalue weighted by Gasteiger charge is 2.26. The number of allylic oxidation sites excluding steroid dienone is 2. The summed E-state index contributed by atoms with van der Waals surface area (Å²) < 4.78 is 2.30. The van der Waals surface area contributed by atoms with Gasteiger partial charge in [-0.1, -0.05) is 124 Å². The number of benzene rings is 6. The molecule has 0 spiro atoms. The van der Waals surface area contributed by atoms with Gasteiger partial charge in [0.1, 0.15) is 5.82 Å². The van der Waals surface area contributed by atoms with Crippen molar-refractivity contribution in [3.63, 3.8) is 0 Å². The van der Waals surface area contributed by atoms with E-state index in [1.807, 2.05) is 6.20 Å². The maximum absolute atomic E-state index is 11.5. The van der Waals surface area contributed by atoms with E-state index in [0.29, 0.717) is 12.2 Å². The van der Waals surface area contributed by atoms with Crippen LogP contribution < -0.4 is 0 Å². The van der Waals surface area contributed by atoms with E-state index < -0.39 is 0 Å². The molecule has 0 saturated carbocycles. The molecule has 58 heavy (non-hydrogen) atoms. The van der Waals surface area contributed by atoms with Crippen LogP contribution in [0.4, 0.5) is 0 Å². The standard InChI is InChI=1S/C54H49N3O/c1-35-16-14-17-36(2)51(35)40-28-29-55-47(34-40)42-30-41(31-43(32-42)54(3,4)5)44-23-15-24-49-52(44)56-53(45-22-12-13-25-50(45)58)57(49)48-27-26-39(37-18-8-6-9-19-37)33-46(48)38-20-10-7-11-21-38/h6-11,14-21,23-24,26-34,58H,12-13,22,25H2,1-5H3. The summed E-state index contributed by atoms with van der Waals surface area (Å²) in [7, 11) is 0. The monoisotopic (exact) mass is 755 g/mol. The smallest absolute Gasteiger partial charge is 0.145 e. The Labute approximate surface area is 342 Å². The number of nitrogens with zero attached hydrogens (tertiary/aromatic N) is 3. The van der Waals surface area contributed by atoms with Gasteiger partial charge in [0.2, 0.25) is 0 Å². The van der Waals surface area contributed by atoms with E-state index in [1.54, 1.807) is 0 Å². The van der Waals surface area contributed by atoms with Gasteiger partial charge in [-0.15, -0.1) is 0 Å². The Morgan fingerprint density at radius 3 is 1.98 bits per heavy atom. The van der Waals surface area contributed by atoms with E-state index in [4.69, 9.17) is 9.97 Å². The molecule has 9 rings (SSSR count). The lowest BCUT2D eigenvalue weighted by Gasteiger charge is -2.22. The minimum absolute atomic E-state index is 0.114. The summed E-state index contributed by atoms with van der Waals surface area (Å²) in [5, 5.41) is 11.5. The summed E-state index contributed by atoms with van der Waals surface area (Å²) in [6.45, 7) is 11.2. The fraction of sp³-hybridized carbons (Fsp3) is 0.185. The van der Waals surface area contributed by atoms with Crippen LogP contribution in [-0.2, 0) is 5.41 Å². The lowest BCUT2D eigenvalue weighted by atomic mass is 9.83. The number of aliphatic hydroxyl groups is 1. The molecule has 1 aliphatic rings. The minimum atomic E-state index is -0.114. The van der Waals surface area contributed by atoms with E-state index in [9.17, 15) is 5.11 Å². The first-order valence-corrected chi connectivity index (χ1v) is 20.5. The lowest BCUT2D eigenvalue weighted by Crippen LogP contribution is -2.11. The van der Waals surface area contributed by atoms with E-state index >= 15 is 0 Å². The van der Waals surface area contributed by atoms with Crippen LogP contribution in [0.2, 0.25) is 0 Å². The van der Waals surface area contributed by atoms with Gasteiger partial charge >= 0.3 is 0 Å². The summed E-state index contributed by atoms with van der Waals surface area (Å²) in [6, 6.07) is 52.2. The predicted octanol–water partition coefficient (Wildman–Crippen LogP) is 14.5. The summed E-state index contributed by atoms with van der Waals surface area (Å²) in [6.07, 6.45) is 5.36. The third-order valence-corrected chi connectivity index (χ3v) is 11.8. The number of aryl methyl sites for hydroxylation is 2. The second kappa shape index (κ2) is 15.1. The number of fused-ring (bicyclic) bond motifs is 1. The Balaban J connectivity index is 1.28. The Bertz CT molecular complexity index is 2820. The van der Waals surface area contributed by atoms with Crippen molar-refractivity contribution in [1.29, 1.82) is 0 Å². The molecule has 0 fully saturated rings. The first-order valence-electron chi connectivity index (χ1n) is 20.5. The Morgan fingerprint density at radius 2 is 1.26 bits per heavy atom. The number of hydrogen-bond donors (Lipinski definition) is 1. The van der Waals surface area contributed by atoms with Crippen molar-refractivity contribution in [2.45, 2.75) is 65.7 Å². The summed E-state index contributed by atoms with van der Waals surface area (Å²) in [4.78, 5) is 10.5. The van der Waals surface area contributed by atoms with Crippen LogP contribution in [0.1, 0.15) is 69.0 Å². The van der Waals surface area contributed by atoms with Gasteiger partial charge in [-0.3, -0.25) is 9.55 Å². The second-order valence-electron chi connectivity index (χ2n) is 16.8. The average molecular weight is 756 g/mol. The number of pyridine rings is 1. The van der Waals surface area contributed by atoms with Crippen molar-refractivity contribution in [3.05, 3.63) is 180 Å². The fourth-order valence-corrected chi connectivity index (χ4v) is 8.68. The first-order chi connectivity index (χ1) is 28.1. The molecule has 6 aromatic carbocycles. The molecule has 0 saturated heterocycles. The third-order valence-electron chi connectivity index (χ3n) is 11.8. The zero-order valence-corrected chi connectivity index (χ0v) is 34.1. The van der Waals surface area contributed by atoms with Gasteiger partial charge < -0.3 is 5.11 Å². The Morgan fingerprint density at radius 1 is 0.569 bits per heavy atom. The summed E-state index contributed by atoms with van der Waals surface area (Å²) >= 11 is 0. The quantitative estimate of drug-likeness (QED) is 0.176. The van der Waals surface area contributed by atoms with E-state index in [0.717, 1.165) is 86.5 Å². The van der Waals surface area contributed by atoms with Crippen LogP contribution >= 0.6 is 0 Å². The van der Waals surface area contributed by atoms with Gasteiger partial charge in [-0.25, -0.2) is 4.98 Å². The van der Waals surface area contributed by atoms with Crippen molar-refractivity contribution in [1.82, 2.24) is 14.5 Å². The van der Waals surface area contributed by atoms with Crippen molar-refractivity contribution in [2.75, 3.05) is 0 Å². The molecule has 4 heteroatoms. The Hall–Kier alpha value is -6.52. The molecule has 0 radical (unpaired) electrons. The first kappa shape index (κ1) is 37.1. The van der Waals surface area contributed by atoms with E-state index in [1.165, 1.54) is 33.4 Å². The van der Waals surface area contributed by atoms with Gasteiger partial charge in [0.25, 0.3) is 0 Å². The number of para-hydroxylation sites is 1. The number of aliphatic hydroxyl groups excluding tert-OH is 1. The molecule has 8 aromatic rings. The summed E-state index contributed by atoms with van der Waals surface area (Å²) in [5.41, 5.74) is 18.6. The van der Waals surface area contributed by atoms with Crippen molar-refractivity contribution >= 4 is 16.6 Å². The molecule has 0 aliphatic heterocycles. The van der Waals surface area contributed by atoms with Gasteiger partial charge in [-0.2, -0.15) is 0 Å². The maximum Gasteiger partial charge on any atom is 0.145 e. The molecule has 0 amide bonds. The molecule has 1 N–H and O–H groups in total. The molecular weight excluding hydrogens is 707 g/mol. The van der Waals surface area contributed by atoms with E-state index in [-0.39, 0.29) is 5.41 Å². The Kier molecular flexibility index (Phi) is 9.65. The number of imidazole rings is 1. The average Bonchev–Trinajstić information content (AvgIpc) is 3.63. The van der Waals surface area contributed by atoms with Crippen LogP contribution in [-0.4, -0.2) is 19.6 Å². The predicted molar refractivity (Wildman–Crippen MR) is 242 cm³/mol. The molecule has 1 aliphatic carbocycles. The molecule has 2 heterocycles. The lowest BCUT2D eigenvalue weighted by molar-refractivity contribution is 0.373. The SMILES string of the molecule is Cc1cccc(C)c1-c1ccnc(-c2cc(-c3cccc4c3nc(C3=C(O)CCCC3)n4-c3ccc(-c4ccccc4)cc3-c3ccccc3)cc(C(C)(C)C)c2)c1. The second-order valence-corrected chi connectivity index (χ2v) is 16.8. The van der Waals surface area contributed by atoms with Crippen molar-refractivity contribution in [2.24, 2.45) is 0 Å². The topological polar surface area (TPSA) is 50.9 Å². The zero-order valence-electron chi connectivity index (χ0n) is 34.1. The highest BCUT2D eigenvalue weighted by Crippen LogP contribution is 2.42. The maximum atomic E-state index is 11.5. The van der Waals surface area contributed by atoms with Gasteiger partial charge in [-0.05, 0) is 131 Å². The van der Waals surface area contributed by atoms with Crippen molar-refractivity contribution in [3.8, 4) is 61.5 Å². The van der Waals surface area contributed by atoms with Crippen LogP contribution in [0, 0.1) is 13.8 Å². The summed E-state index contributed by atoms with van der Waals surface area (Å²) in [5.74, 6) is 1.25. The third kappa shape index (κ3) is 6.94. The van der Waals surface area contributed by atoms with Crippen LogP contribution in [0.3, 0.4) is 0 Å². The van der Waals surface area contributed by atoms with Gasteiger partial charge in [0, 0.05) is 34.9 Å².